The van der Waals surface area contributed by atoms with Crippen molar-refractivity contribution in [2.45, 2.75) is 6.42 Å². The second kappa shape index (κ2) is 5.25. The fraction of sp³-hybridized carbons (Fsp3) is 0.273. The molecule has 0 fully saturated rings. The van der Waals surface area contributed by atoms with Crippen LogP contribution in [0.3, 0.4) is 0 Å². The summed E-state index contributed by atoms with van der Waals surface area (Å²) in [5, 5.41) is 0. The first-order valence-electron chi connectivity index (χ1n) is 4.50. The van der Waals surface area contributed by atoms with Crippen molar-refractivity contribution in [2.75, 3.05) is 14.2 Å². The average molecular weight is 226 g/mol. The van der Waals surface area contributed by atoms with Crippen LogP contribution in [0.15, 0.2) is 12.1 Å². The number of rotatable bonds is 4. The zero-order valence-corrected chi connectivity index (χ0v) is 8.95. The molecular weight excluding hydrogens is 215 g/mol. The highest BCUT2D eigenvalue weighted by Gasteiger charge is 2.14. The Hall–Kier alpha value is -1.91. The Labute approximate surface area is 92.0 Å². The van der Waals surface area contributed by atoms with Gasteiger partial charge in [0.2, 0.25) is 0 Å². The Morgan fingerprint density at radius 2 is 2.12 bits per heavy atom. The molecular formula is C11H11FO4. The van der Waals surface area contributed by atoms with Crippen LogP contribution in [0.5, 0.6) is 5.75 Å². The fourth-order valence-corrected chi connectivity index (χ4v) is 1.27. The summed E-state index contributed by atoms with van der Waals surface area (Å²) in [5.41, 5.74) is 0.102. The lowest BCUT2D eigenvalue weighted by Crippen LogP contribution is -2.08. The Kier molecular flexibility index (Phi) is 3.99. The van der Waals surface area contributed by atoms with E-state index < -0.39 is 11.8 Å². The van der Waals surface area contributed by atoms with E-state index in [0.29, 0.717) is 6.29 Å². The van der Waals surface area contributed by atoms with Crippen LogP contribution in [-0.4, -0.2) is 26.5 Å². The summed E-state index contributed by atoms with van der Waals surface area (Å²) in [7, 11) is 2.59. The van der Waals surface area contributed by atoms with Gasteiger partial charge >= 0.3 is 5.97 Å². The number of halogens is 1. The predicted octanol–water partition coefficient (Wildman–Crippen LogP) is 1.36. The molecule has 1 aromatic rings. The van der Waals surface area contributed by atoms with Crippen LogP contribution < -0.4 is 4.74 Å². The molecule has 0 atom stereocenters. The van der Waals surface area contributed by atoms with E-state index in [-0.39, 0.29) is 23.3 Å². The number of hydrogen-bond acceptors (Lipinski definition) is 4. The summed E-state index contributed by atoms with van der Waals surface area (Å²) in [6, 6.07) is 2.52. The molecule has 0 heterocycles. The van der Waals surface area contributed by atoms with Crippen LogP contribution in [-0.2, 0) is 16.0 Å². The van der Waals surface area contributed by atoms with Gasteiger partial charge in [0.15, 0.2) is 6.29 Å². The lowest BCUT2D eigenvalue weighted by Gasteiger charge is -2.07. The van der Waals surface area contributed by atoms with Gasteiger partial charge in [0.1, 0.15) is 11.6 Å². The van der Waals surface area contributed by atoms with Gasteiger partial charge in [-0.2, -0.15) is 0 Å². The van der Waals surface area contributed by atoms with Crippen molar-refractivity contribution in [1.29, 1.82) is 0 Å². The molecule has 0 amide bonds. The lowest BCUT2D eigenvalue weighted by atomic mass is 10.0. The topological polar surface area (TPSA) is 52.6 Å². The number of hydrogen-bond donors (Lipinski definition) is 0. The van der Waals surface area contributed by atoms with Gasteiger partial charge in [0, 0.05) is 6.07 Å². The predicted molar refractivity (Wildman–Crippen MR) is 54.1 cm³/mol. The van der Waals surface area contributed by atoms with Crippen molar-refractivity contribution in [3.05, 3.63) is 29.1 Å². The maximum absolute atomic E-state index is 13.4. The normalized spacial score (nSPS) is 9.69. The van der Waals surface area contributed by atoms with E-state index in [2.05, 4.69) is 4.74 Å². The van der Waals surface area contributed by atoms with E-state index in [0.717, 1.165) is 6.07 Å². The van der Waals surface area contributed by atoms with Crippen LogP contribution in [0.4, 0.5) is 4.39 Å². The number of carbonyl (C=O) groups is 2. The quantitative estimate of drug-likeness (QED) is 0.574. The number of benzene rings is 1. The SMILES string of the molecule is COC(=O)Cc1cc(OC)cc(F)c1C=O. The van der Waals surface area contributed by atoms with Gasteiger partial charge < -0.3 is 9.47 Å². The molecule has 86 valence electrons. The molecule has 16 heavy (non-hydrogen) atoms. The maximum Gasteiger partial charge on any atom is 0.310 e. The zero-order chi connectivity index (χ0) is 12.1. The molecule has 4 nitrogen and oxygen atoms in total. The lowest BCUT2D eigenvalue weighted by molar-refractivity contribution is -0.139. The molecule has 0 aliphatic rings. The molecule has 0 bridgehead atoms. The average Bonchev–Trinajstić information content (AvgIpc) is 2.28. The maximum atomic E-state index is 13.4. The van der Waals surface area contributed by atoms with Crippen LogP contribution in [0, 0.1) is 5.82 Å². The van der Waals surface area contributed by atoms with E-state index in [1.54, 1.807) is 0 Å². The van der Waals surface area contributed by atoms with Crippen LogP contribution in [0.2, 0.25) is 0 Å². The summed E-state index contributed by atoms with van der Waals surface area (Å²) >= 11 is 0. The third-order valence-electron chi connectivity index (χ3n) is 2.10. The highest BCUT2D eigenvalue weighted by Crippen LogP contribution is 2.21. The highest BCUT2D eigenvalue weighted by atomic mass is 19.1. The van der Waals surface area contributed by atoms with E-state index in [1.165, 1.54) is 20.3 Å². The third kappa shape index (κ3) is 2.56. The molecule has 1 aromatic carbocycles. The fourth-order valence-electron chi connectivity index (χ4n) is 1.27. The molecule has 0 saturated carbocycles. The third-order valence-corrected chi connectivity index (χ3v) is 2.10. The molecule has 5 heteroatoms. The second-order valence-corrected chi connectivity index (χ2v) is 3.05. The van der Waals surface area contributed by atoms with E-state index >= 15 is 0 Å². The molecule has 0 N–H and O–H groups in total. The summed E-state index contributed by atoms with van der Waals surface area (Å²) in [4.78, 5) is 21.7. The van der Waals surface area contributed by atoms with Crippen molar-refractivity contribution in [3.63, 3.8) is 0 Å². The zero-order valence-electron chi connectivity index (χ0n) is 8.95. The Balaban J connectivity index is 3.17. The summed E-state index contributed by atoms with van der Waals surface area (Å²) in [6.07, 6.45) is 0.200. The summed E-state index contributed by atoms with van der Waals surface area (Å²) < 4.78 is 22.7. The molecule has 0 aromatic heterocycles. The Morgan fingerprint density at radius 1 is 1.44 bits per heavy atom. The molecule has 0 saturated heterocycles. The van der Waals surface area contributed by atoms with Crippen molar-refractivity contribution in [3.8, 4) is 5.75 Å². The number of methoxy groups -OCH3 is 2. The van der Waals surface area contributed by atoms with Crippen LogP contribution in [0.25, 0.3) is 0 Å². The minimum atomic E-state index is -0.715. The van der Waals surface area contributed by atoms with Crippen molar-refractivity contribution in [2.24, 2.45) is 0 Å². The molecule has 0 spiro atoms. The number of aldehydes is 1. The van der Waals surface area contributed by atoms with E-state index in [9.17, 15) is 14.0 Å². The summed E-state index contributed by atoms with van der Waals surface area (Å²) in [5.74, 6) is -1.01. The first-order chi connectivity index (χ1) is 7.62. The standard InChI is InChI=1S/C11H11FO4/c1-15-8-3-7(4-11(14)16-2)9(6-13)10(12)5-8/h3,5-6H,4H2,1-2H3. The number of carbonyl (C=O) groups excluding carboxylic acids is 2. The minimum absolute atomic E-state index is 0.147. The molecule has 0 aliphatic carbocycles. The van der Waals surface area contributed by atoms with Gasteiger partial charge in [0.25, 0.3) is 0 Å². The van der Waals surface area contributed by atoms with Gasteiger partial charge in [-0.1, -0.05) is 0 Å². The van der Waals surface area contributed by atoms with Crippen molar-refractivity contribution in [1.82, 2.24) is 0 Å². The molecule has 0 radical (unpaired) electrons. The highest BCUT2D eigenvalue weighted by molar-refractivity contribution is 5.82. The van der Waals surface area contributed by atoms with Crippen LogP contribution in [0.1, 0.15) is 15.9 Å². The minimum Gasteiger partial charge on any atom is -0.497 e. The second-order valence-electron chi connectivity index (χ2n) is 3.05. The van der Waals surface area contributed by atoms with Gasteiger partial charge in [-0.3, -0.25) is 9.59 Å². The molecule has 1 rings (SSSR count). The Morgan fingerprint density at radius 3 is 2.62 bits per heavy atom. The molecule has 0 aliphatic heterocycles. The monoisotopic (exact) mass is 226 g/mol. The number of ether oxygens (including phenoxy) is 2. The van der Waals surface area contributed by atoms with E-state index in [1.807, 2.05) is 0 Å². The largest absolute Gasteiger partial charge is 0.497 e. The smallest absolute Gasteiger partial charge is 0.310 e. The summed E-state index contributed by atoms with van der Waals surface area (Å²) in [6.45, 7) is 0. The first kappa shape index (κ1) is 12.2. The Bertz CT molecular complexity index is 415. The van der Waals surface area contributed by atoms with Crippen LogP contribution >= 0.6 is 0 Å². The van der Waals surface area contributed by atoms with Gasteiger partial charge in [-0.15, -0.1) is 0 Å². The number of esters is 1. The van der Waals surface area contributed by atoms with Gasteiger partial charge in [-0.25, -0.2) is 4.39 Å². The van der Waals surface area contributed by atoms with Gasteiger partial charge in [-0.05, 0) is 11.6 Å². The van der Waals surface area contributed by atoms with E-state index in [4.69, 9.17) is 4.74 Å². The first-order valence-corrected chi connectivity index (χ1v) is 4.50. The van der Waals surface area contributed by atoms with Gasteiger partial charge in [0.05, 0.1) is 26.2 Å². The van der Waals surface area contributed by atoms with Crippen molar-refractivity contribution >= 4 is 12.3 Å². The molecule has 0 unspecified atom stereocenters. The van der Waals surface area contributed by atoms with Crippen molar-refractivity contribution < 1.29 is 23.5 Å².